The molecule has 23 heavy (non-hydrogen) atoms. The van der Waals surface area contributed by atoms with Crippen molar-refractivity contribution in [3.05, 3.63) is 35.1 Å². The summed E-state index contributed by atoms with van der Waals surface area (Å²) in [7, 11) is 0. The number of nitrogens with one attached hydrogen (secondary N) is 1. The summed E-state index contributed by atoms with van der Waals surface area (Å²) in [5, 5.41) is 2.82. The van der Waals surface area contributed by atoms with Crippen LogP contribution in [0.2, 0.25) is 0 Å². The van der Waals surface area contributed by atoms with E-state index in [1.165, 1.54) is 0 Å². The lowest BCUT2D eigenvalue weighted by atomic mass is 9.97. The highest BCUT2D eigenvalue weighted by atomic mass is 35.5. The second kappa shape index (κ2) is 7.23. The summed E-state index contributed by atoms with van der Waals surface area (Å²) < 4.78 is 92.2. The van der Waals surface area contributed by atoms with E-state index in [1.807, 2.05) is 0 Å². The largest absolute Gasteiger partial charge is 0.416 e. The molecule has 132 valence electrons. The Bertz CT molecular complexity index is 524. The lowest BCUT2D eigenvalue weighted by Crippen LogP contribution is -2.49. The van der Waals surface area contributed by atoms with Gasteiger partial charge in [0.25, 0.3) is 0 Å². The molecule has 2 rings (SSSR count). The Morgan fingerprint density at radius 3 is 2.04 bits per heavy atom. The van der Waals surface area contributed by atoms with Crippen molar-refractivity contribution in [1.29, 1.82) is 0 Å². The van der Waals surface area contributed by atoms with Gasteiger partial charge in [-0.15, -0.1) is 12.4 Å². The van der Waals surface area contributed by atoms with Crippen molar-refractivity contribution in [3.8, 4) is 0 Å². The molecule has 0 amide bonds. The Balaban J connectivity index is 0.00000264. The van der Waals surface area contributed by atoms with Gasteiger partial charge in [0.2, 0.25) is 0 Å². The van der Waals surface area contributed by atoms with Gasteiger partial charge in [-0.05, 0) is 23.8 Å². The van der Waals surface area contributed by atoms with E-state index in [-0.39, 0.29) is 38.6 Å². The van der Waals surface area contributed by atoms with Crippen molar-refractivity contribution < 1.29 is 30.7 Å². The summed E-state index contributed by atoms with van der Waals surface area (Å²) in [6.45, 7) is 0.308. The minimum atomic E-state index is -4.99. The fourth-order valence-electron chi connectivity index (χ4n) is 2.54. The van der Waals surface area contributed by atoms with Crippen LogP contribution in [-0.2, 0) is 6.18 Å². The molecule has 1 aromatic rings. The fraction of sp³-hybridized carbons (Fsp3) is 0.538. The summed E-state index contributed by atoms with van der Waals surface area (Å²) in [4.78, 5) is 0.889. The maximum absolute atomic E-state index is 13.3. The SMILES string of the molecule is Cl.Fc1ccc(C(F)(F)F)c([C@@H](N2CCNCC2)C(F)(F)F)c1. The van der Waals surface area contributed by atoms with Gasteiger partial charge in [0.05, 0.1) is 5.56 Å². The zero-order chi connectivity index (χ0) is 16.5. The molecule has 1 heterocycles. The average molecular weight is 367 g/mol. The molecule has 0 saturated carbocycles. The molecule has 1 saturated heterocycles. The van der Waals surface area contributed by atoms with E-state index in [2.05, 4.69) is 5.32 Å². The average Bonchev–Trinajstić information content (AvgIpc) is 2.37. The standard InChI is InChI=1S/C13H13F7N2.ClH/c14-8-1-2-10(12(15,16)17)9(7-8)11(13(18,19)20)22-5-3-21-4-6-22;/h1-2,7,11,21H,3-6H2;1H/t11-;/m1./s1. The number of hydrogen-bond acceptors (Lipinski definition) is 2. The molecular formula is C13H14ClF7N2. The van der Waals surface area contributed by atoms with Gasteiger partial charge in [0.15, 0.2) is 0 Å². The molecule has 10 heteroatoms. The molecule has 0 aliphatic carbocycles. The first-order chi connectivity index (χ1) is 10.1. The minimum Gasteiger partial charge on any atom is -0.314 e. The molecule has 1 fully saturated rings. The number of nitrogens with zero attached hydrogens (tertiary/aromatic N) is 1. The zero-order valence-electron chi connectivity index (χ0n) is 11.6. The van der Waals surface area contributed by atoms with Crippen LogP contribution in [0.5, 0.6) is 0 Å². The Kier molecular flexibility index (Phi) is 6.28. The van der Waals surface area contributed by atoms with E-state index < -0.39 is 35.3 Å². The molecular weight excluding hydrogens is 353 g/mol. The number of alkyl halides is 6. The lowest BCUT2D eigenvalue weighted by molar-refractivity contribution is -0.190. The highest BCUT2D eigenvalue weighted by molar-refractivity contribution is 5.85. The van der Waals surface area contributed by atoms with Gasteiger partial charge >= 0.3 is 12.4 Å². The van der Waals surface area contributed by atoms with E-state index >= 15 is 0 Å². The fourth-order valence-corrected chi connectivity index (χ4v) is 2.54. The number of piperazine rings is 1. The van der Waals surface area contributed by atoms with Crippen molar-refractivity contribution in [2.45, 2.75) is 18.4 Å². The van der Waals surface area contributed by atoms with Crippen LogP contribution in [0.25, 0.3) is 0 Å². The van der Waals surface area contributed by atoms with Crippen LogP contribution in [0.1, 0.15) is 17.2 Å². The molecule has 0 unspecified atom stereocenters. The van der Waals surface area contributed by atoms with Crippen molar-refractivity contribution in [2.75, 3.05) is 26.2 Å². The molecule has 1 aliphatic heterocycles. The van der Waals surface area contributed by atoms with E-state index in [1.54, 1.807) is 0 Å². The first-order valence-corrected chi connectivity index (χ1v) is 6.49. The van der Waals surface area contributed by atoms with Crippen LogP contribution >= 0.6 is 12.4 Å². The van der Waals surface area contributed by atoms with Crippen LogP contribution < -0.4 is 5.32 Å². The highest BCUT2D eigenvalue weighted by Crippen LogP contribution is 2.43. The van der Waals surface area contributed by atoms with Crippen molar-refractivity contribution in [2.24, 2.45) is 0 Å². The molecule has 0 aromatic heterocycles. The Labute approximate surface area is 134 Å². The summed E-state index contributed by atoms with van der Waals surface area (Å²) >= 11 is 0. The number of halogens is 8. The summed E-state index contributed by atoms with van der Waals surface area (Å²) in [6.07, 6.45) is -9.92. The van der Waals surface area contributed by atoms with Gasteiger partial charge in [-0.3, -0.25) is 4.90 Å². The monoisotopic (exact) mass is 366 g/mol. The molecule has 0 radical (unpaired) electrons. The molecule has 1 N–H and O–H groups in total. The normalized spacial score (nSPS) is 18.4. The predicted molar refractivity (Wildman–Crippen MR) is 71.9 cm³/mol. The summed E-state index contributed by atoms with van der Waals surface area (Å²) in [5.74, 6) is -1.13. The van der Waals surface area contributed by atoms with Gasteiger partial charge in [0, 0.05) is 26.2 Å². The highest BCUT2D eigenvalue weighted by Gasteiger charge is 2.48. The molecule has 1 aromatic carbocycles. The molecule has 1 aliphatic rings. The van der Waals surface area contributed by atoms with Gasteiger partial charge in [-0.2, -0.15) is 26.3 Å². The zero-order valence-corrected chi connectivity index (χ0v) is 12.5. The van der Waals surface area contributed by atoms with Crippen LogP contribution in [0.4, 0.5) is 30.7 Å². The maximum atomic E-state index is 13.3. The summed E-state index contributed by atoms with van der Waals surface area (Å²) in [6, 6.07) is -1.30. The van der Waals surface area contributed by atoms with Crippen LogP contribution in [-0.4, -0.2) is 37.3 Å². The van der Waals surface area contributed by atoms with Gasteiger partial charge in [-0.1, -0.05) is 0 Å². The molecule has 0 bridgehead atoms. The third kappa shape index (κ3) is 4.71. The number of benzene rings is 1. The van der Waals surface area contributed by atoms with Crippen molar-refractivity contribution in [3.63, 3.8) is 0 Å². The van der Waals surface area contributed by atoms with Crippen LogP contribution in [0.15, 0.2) is 18.2 Å². The third-order valence-corrected chi connectivity index (χ3v) is 3.44. The maximum Gasteiger partial charge on any atom is 0.416 e. The Hall–Kier alpha value is -1.06. The van der Waals surface area contributed by atoms with Gasteiger partial charge in [0.1, 0.15) is 11.9 Å². The van der Waals surface area contributed by atoms with E-state index in [0.29, 0.717) is 18.2 Å². The minimum absolute atomic E-state index is 0. The van der Waals surface area contributed by atoms with E-state index in [9.17, 15) is 30.7 Å². The van der Waals surface area contributed by atoms with E-state index in [0.717, 1.165) is 4.90 Å². The number of hydrogen-bond donors (Lipinski definition) is 1. The lowest BCUT2D eigenvalue weighted by Gasteiger charge is -2.37. The topological polar surface area (TPSA) is 15.3 Å². The molecule has 1 atom stereocenters. The van der Waals surface area contributed by atoms with Crippen molar-refractivity contribution in [1.82, 2.24) is 10.2 Å². The molecule has 2 nitrogen and oxygen atoms in total. The second-order valence-electron chi connectivity index (χ2n) is 4.96. The van der Waals surface area contributed by atoms with Gasteiger partial charge in [-0.25, -0.2) is 4.39 Å². The Morgan fingerprint density at radius 1 is 1.00 bits per heavy atom. The van der Waals surface area contributed by atoms with E-state index in [4.69, 9.17) is 0 Å². The third-order valence-electron chi connectivity index (χ3n) is 3.44. The molecule has 0 spiro atoms. The van der Waals surface area contributed by atoms with Gasteiger partial charge < -0.3 is 5.32 Å². The van der Waals surface area contributed by atoms with Crippen LogP contribution in [0.3, 0.4) is 0 Å². The smallest absolute Gasteiger partial charge is 0.314 e. The quantitative estimate of drug-likeness (QED) is 0.802. The van der Waals surface area contributed by atoms with Crippen molar-refractivity contribution >= 4 is 12.4 Å². The van der Waals surface area contributed by atoms with Crippen LogP contribution in [0, 0.1) is 5.82 Å². The first kappa shape index (κ1) is 20.0. The number of rotatable bonds is 2. The first-order valence-electron chi connectivity index (χ1n) is 6.49. The Morgan fingerprint density at radius 2 is 1.57 bits per heavy atom. The second-order valence-corrected chi connectivity index (χ2v) is 4.96. The summed E-state index contributed by atoms with van der Waals surface area (Å²) in [5.41, 5.74) is -2.56. The predicted octanol–water partition coefficient (Wildman–Crippen LogP) is 3.77.